The van der Waals surface area contributed by atoms with Gasteiger partial charge in [-0.15, -0.1) is 0 Å². The zero-order chi connectivity index (χ0) is 11.0. The van der Waals surface area contributed by atoms with Crippen LogP contribution in [0, 0.1) is 5.92 Å². The van der Waals surface area contributed by atoms with E-state index in [0.29, 0.717) is 25.6 Å². The van der Waals surface area contributed by atoms with Crippen LogP contribution in [0.3, 0.4) is 0 Å². The van der Waals surface area contributed by atoms with Gasteiger partial charge in [-0.1, -0.05) is 6.92 Å². The van der Waals surface area contributed by atoms with Crippen molar-refractivity contribution in [1.82, 2.24) is 5.32 Å². The topological polar surface area (TPSA) is 21.3 Å². The first-order valence-electron chi connectivity index (χ1n) is 4.36. The summed E-state index contributed by atoms with van der Waals surface area (Å²) < 4.78 is 39.9. The third kappa shape index (κ3) is 10.1. The number of nitrogens with one attached hydrogen (secondary N) is 1. The number of hydrogen-bond acceptors (Lipinski definition) is 3. The van der Waals surface area contributed by atoms with Gasteiger partial charge < -0.3 is 10.1 Å². The number of ether oxygens (including phenoxy) is 1. The molecule has 0 amide bonds. The van der Waals surface area contributed by atoms with E-state index in [4.69, 9.17) is 4.74 Å². The van der Waals surface area contributed by atoms with Crippen LogP contribution in [-0.2, 0) is 4.74 Å². The third-order valence-electron chi connectivity index (χ3n) is 1.49. The van der Waals surface area contributed by atoms with Crippen molar-refractivity contribution < 1.29 is 17.9 Å². The van der Waals surface area contributed by atoms with Crippen LogP contribution in [0.4, 0.5) is 13.2 Å². The summed E-state index contributed by atoms with van der Waals surface area (Å²) in [5.41, 5.74) is -4.11. The van der Waals surface area contributed by atoms with Crippen molar-refractivity contribution in [3.05, 3.63) is 0 Å². The van der Waals surface area contributed by atoms with E-state index in [1.165, 1.54) is 0 Å². The lowest BCUT2D eigenvalue weighted by atomic mass is 10.2. The minimum absolute atomic E-state index is 0.00484. The summed E-state index contributed by atoms with van der Waals surface area (Å²) in [6, 6.07) is 0. The average Bonchev–Trinajstić information content (AvgIpc) is 2.02. The maximum absolute atomic E-state index is 11.7. The van der Waals surface area contributed by atoms with E-state index >= 15 is 0 Å². The summed E-state index contributed by atoms with van der Waals surface area (Å²) >= 11 is 0.00484. The third-order valence-corrected chi connectivity index (χ3v) is 2.22. The molecule has 0 aromatic rings. The second-order valence-corrected chi connectivity index (χ2v) is 4.22. The van der Waals surface area contributed by atoms with Gasteiger partial charge in [0, 0.05) is 26.0 Å². The van der Waals surface area contributed by atoms with Gasteiger partial charge in [-0.05, 0) is 24.2 Å². The summed E-state index contributed by atoms with van der Waals surface area (Å²) in [6.07, 6.45) is 0. The SMILES string of the molecule is COCC(C)CNCCSC(F)(F)F. The van der Waals surface area contributed by atoms with Gasteiger partial charge in [0.15, 0.2) is 0 Å². The molecule has 0 heterocycles. The molecule has 0 spiro atoms. The number of halogens is 3. The predicted molar refractivity (Wildman–Crippen MR) is 52.4 cm³/mol. The van der Waals surface area contributed by atoms with Gasteiger partial charge in [0.05, 0.1) is 0 Å². The highest BCUT2D eigenvalue weighted by Crippen LogP contribution is 2.29. The zero-order valence-electron chi connectivity index (χ0n) is 8.36. The highest BCUT2D eigenvalue weighted by atomic mass is 32.2. The quantitative estimate of drug-likeness (QED) is 0.678. The minimum atomic E-state index is -4.11. The standard InChI is InChI=1S/C8H16F3NOS/c1-7(6-13-2)5-12-3-4-14-8(9,10)11/h7,12H,3-6H2,1-2H3. The van der Waals surface area contributed by atoms with Crippen molar-refractivity contribution in [2.45, 2.75) is 12.4 Å². The molecule has 0 radical (unpaired) electrons. The molecule has 0 aromatic heterocycles. The summed E-state index contributed by atoms with van der Waals surface area (Å²) in [6.45, 7) is 3.66. The van der Waals surface area contributed by atoms with Gasteiger partial charge in [-0.25, -0.2) is 0 Å². The summed E-state index contributed by atoms with van der Waals surface area (Å²) in [5.74, 6) is 0.388. The minimum Gasteiger partial charge on any atom is -0.384 e. The van der Waals surface area contributed by atoms with E-state index in [-0.39, 0.29) is 17.5 Å². The van der Waals surface area contributed by atoms with Crippen molar-refractivity contribution in [3.63, 3.8) is 0 Å². The highest BCUT2D eigenvalue weighted by molar-refractivity contribution is 8.00. The normalized spacial score (nSPS) is 14.4. The monoisotopic (exact) mass is 231 g/mol. The van der Waals surface area contributed by atoms with Gasteiger partial charge in [-0.3, -0.25) is 0 Å². The second-order valence-electron chi connectivity index (χ2n) is 3.06. The number of thioether (sulfide) groups is 1. The van der Waals surface area contributed by atoms with Crippen LogP contribution in [0.5, 0.6) is 0 Å². The Balaban J connectivity index is 3.21. The molecule has 1 N–H and O–H groups in total. The Morgan fingerprint density at radius 1 is 1.43 bits per heavy atom. The van der Waals surface area contributed by atoms with E-state index in [1.807, 2.05) is 6.92 Å². The Morgan fingerprint density at radius 3 is 2.57 bits per heavy atom. The lowest BCUT2D eigenvalue weighted by Crippen LogP contribution is -2.26. The van der Waals surface area contributed by atoms with Crippen molar-refractivity contribution in [1.29, 1.82) is 0 Å². The largest absolute Gasteiger partial charge is 0.441 e. The van der Waals surface area contributed by atoms with E-state index in [9.17, 15) is 13.2 Å². The fraction of sp³-hybridized carbons (Fsp3) is 1.00. The molecule has 0 aliphatic carbocycles. The fourth-order valence-corrected chi connectivity index (χ4v) is 1.41. The van der Waals surface area contributed by atoms with Crippen LogP contribution in [0.1, 0.15) is 6.92 Å². The molecule has 0 aliphatic heterocycles. The molecule has 0 saturated carbocycles. The zero-order valence-corrected chi connectivity index (χ0v) is 9.17. The molecule has 14 heavy (non-hydrogen) atoms. The van der Waals surface area contributed by atoms with Gasteiger partial charge in [-0.2, -0.15) is 13.2 Å². The first kappa shape index (κ1) is 14.1. The van der Waals surface area contributed by atoms with Crippen molar-refractivity contribution in [3.8, 4) is 0 Å². The first-order valence-corrected chi connectivity index (χ1v) is 5.34. The molecule has 0 aromatic carbocycles. The smallest absolute Gasteiger partial charge is 0.384 e. The highest BCUT2D eigenvalue weighted by Gasteiger charge is 2.27. The first-order chi connectivity index (χ1) is 6.45. The molecule has 0 rings (SSSR count). The molecular formula is C8H16F3NOS. The Morgan fingerprint density at radius 2 is 2.07 bits per heavy atom. The van der Waals surface area contributed by atoms with Crippen molar-refractivity contribution >= 4 is 11.8 Å². The lowest BCUT2D eigenvalue weighted by Gasteiger charge is -2.11. The Labute approximate surface area is 86.6 Å². The van der Waals surface area contributed by atoms with Crippen LogP contribution in [-0.4, -0.2) is 38.1 Å². The number of hydrogen-bond donors (Lipinski definition) is 1. The Kier molecular flexibility index (Phi) is 7.40. The van der Waals surface area contributed by atoms with Gasteiger partial charge in [0.1, 0.15) is 0 Å². The van der Waals surface area contributed by atoms with Crippen LogP contribution >= 0.6 is 11.8 Å². The molecule has 0 bridgehead atoms. The van der Waals surface area contributed by atoms with Crippen molar-refractivity contribution in [2.24, 2.45) is 5.92 Å². The fourth-order valence-electron chi connectivity index (χ4n) is 0.931. The van der Waals surface area contributed by atoms with Crippen molar-refractivity contribution in [2.75, 3.05) is 32.6 Å². The predicted octanol–water partition coefficient (Wildman–Crippen LogP) is 2.11. The molecule has 6 heteroatoms. The van der Waals surface area contributed by atoms with Crippen LogP contribution in [0.15, 0.2) is 0 Å². The van der Waals surface area contributed by atoms with Gasteiger partial charge >= 0.3 is 5.51 Å². The van der Waals surface area contributed by atoms with Crippen LogP contribution in [0.2, 0.25) is 0 Å². The Bertz CT molecular complexity index is 143. The van der Waals surface area contributed by atoms with Gasteiger partial charge in [0.2, 0.25) is 0 Å². The van der Waals surface area contributed by atoms with E-state index < -0.39 is 5.51 Å². The second kappa shape index (κ2) is 7.36. The molecule has 86 valence electrons. The van der Waals surface area contributed by atoms with Gasteiger partial charge in [0.25, 0.3) is 0 Å². The maximum Gasteiger partial charge on any atom is 0.441 e. The van der Waals surface area contributed by atoms with Crippen LogP contribution in [0.25, 0.3) is 0 Å². The lowest BCUT2D eigenvalue weighted by molar-refractivity contribution is -0.0327. The van der Waals surface area contributed by atoms with E-state index in [0.717, 1.165) is 0 Å². The summed E-state index contributed by atoms with van der Waals surface area (Å²) in [5, 5.41) is 2.94. The Hall–Kier alpha value is 0.0600. The molecule has 1 atom stereocenters. The number of rotatable bonds is 7. The molecule has 1 unspecified atom stereocenters. The molecule has 2 nitrogen and oxygen atoms in total. The molecular weight excluding hydrogens is 215 g/mol. The number of methoxy groups -OCH3 is 1. The van der Waals surface area contributed by atoms with E-state index in [1.54, 1.807) is 7.11 Å². The molecule has 0 aliphatic rings. The number of alkyl halides is 3. The summed E-state index contributed by atoms with van der Waals surface area (Å²) in [7, 11) is 1.61. The maximum atomic E-state index is 11.7. The molecule has 0 fully saturated rings. The summed E-state index contributed by atoms with van der Waals surface area (Å²) in [4.78, 5) is 0. The average molecular weight is 231 g/mol. The van der Waals surface area contributed by atoms with Crippen LogP contribution < -0.4 is 5.32 Å². The molecule has 0 saturated heterocycles. The van der Waals surface area contributed by atoms with E-state index in [2.05, 4.69) is 5.32 Å².